The number of rotatable bonds is 4. The smallest absolute Gasteiger partial charge is 0.237 e. The summed E-state index contributed by atoms with van der Waals surface area (Å²) in [5.41, 5.74) is 5.32. The summed E-state index contributed by atoms with van der Waals surface area (Å²) in [7, 11) is 0. The molecule has 114 valence electrons. The molecule has 1 heterocycles. The number of nitrogens with two attached hydrogens (primary N) is 1. The second-order valence-electron chi connectivity index (χ2n) is 7.33. The maximum atomic E-state index is 12.0. The van der Waals surface area contributed by atoms with Crippen molar-refractivity contribution in [2.45, 2.75) is 75.9 Å². The second-order valence-corrected chi connectivity index (χ2v) is 7.33. The highest BCUT2D eigenvalue weighted by Crippen LogP contribution is 2.37. The van der Waals surface area contributed by atoms with Gasteiger partial charge in [0.05, 0.1) is 5.54 Å². The lowest BCUT2D eigenvalue weighted by molar-refractivity contribution is -0.124. The van der Waals surface area contributed by atoms with Crippen molar-refractivity contribution in [2.24, 2.45) is 11.7 Å². The van der Waals surface area contributed by atoms with Gasteiger partial charge in [-0.15, -0.1) is 0 Å². The Kier molecular flexibility index (Phi) is 4.04. The molecule has 1 amide bonds. The standard InChI is InChI=1S/C16H29N3O/c1-12-3-2-9-19(10-7-12)14-6-8-16(11-14,15(17)20)18-13-4-5-13/h12-14,18H,2-11H2,1H3,(H2,17,20). The van der Waals surface area contributed by atoms with Crippen molar-refractivity contribution >= 4 is 5.91 Å². The monoisotopic (exact) mass is 279 g/mol. The molecule has 3 fully saturated rings. The van der Waals surface area contributed by atoms with E-state index in [0.29, 0.717) is 12.1 Å². The molecule has 3 aliphatic rings. The number of likely N-dealkylation sites (tertiary alicyclic amines) is 1. The highest BCUT2D eigenvalue weighted by atomic mass is 16.1. The normalized spacial score (nSPS) is 39.6. The molecule has 4 nitrogen and oxygen atoms in total. The maximum absolute atomic E-state index is 12.0. The van der Waals surface area contributed by atoms with Crippen LogP contribution in [-0.2, 0) is 4.79 Å². The minimum atomic E-state index is -0.413. The lowest BCUT2D eigenvalue weighted by Gasteiger charge is -2.31. The fourth-order valence-electron chi connectivity index (χ4n) is 4.03. The van der Waals surface area contributed by atoms with Crippen LogP contribution < -0.4 is 11.1 Å². The second kappa shape index (κ2) is 5.64. The zero-order valence-corrected chi connectivity index (χ0v) is 12.7. The maximum Gasteiger partial charge on any atom is 0.237 e. The molecule has 0 aromatic carbocycles. The fourth-order valence-corrected chi connectivity index (χ4v) is 4.03. The van der Waals surface area contributed by atoms with E-state index in [1.54, 1.807) is 0 Å². The molecular formula is C16H29N3O. The highest BCUT2D eigenvalue weighted by molar-refractivity contribution is 5.85. The summed E-state index contributed by atoms with van der Waals surface area (Å²) in [6.45, 7) is 4.76. The third kappa shape index (κ3) is 3.01. The van der Waals surface area contributed by atoms with E-state index in [2.05, 4.69) is 17.1 Å². The number of amides is 1. The van der Waals surface area contributed by atoms with E-state index in [4.69, 9.17) is 5.73 Å². The average Bonchev–Trinajstić information content (AvgIpc) is 3.14. The summed E-state index contributed by atoms with van der Waals surface area (Å²) in [5, 5.41) is 3.56. The fraction of sp³-hybridized carbons (Fsp3) is 0.938. The summed E-state index contributed by atoms with van der Waals surface area (Å²) in [6, 6.07) is 1.10. The van der Waals surface area contributed by atoms with E-state index in [1.807, 2.05) is 0 Å². The van der Waals surface area contributed by atoms with Crippen LogP contribution in [0.5, 0.6) is 0 Å². The number of nitrogens with zero attached hydrogens (tertiary/aromatic N) is 1. The molecule has 0 aromatic heterocycles. The Hall–Kier alpha value is -0.610. The predicted molar refractivity (Wildman–Crippen MR) is 80.3 cm³/mol. The van der Waals surface area contributed by atoms with E-state index < -0.39 is 5.54 Å². The van der Waals surface area contributed by atoms with Gasteiger partial charge in [0, 0.05) is 12.1 Å². The van der Waals surface area contributed by atoms with Crippen molar-refractivity contribution < 1.29 is 4.79 Å². The van der Waals surface area contributed by atoms with Crippen LogP contribution in [0, 0.1) is 5.92 Å². The van der Waals surface area contributed by atoms with Crippen molar-refractivity contribution in [1.82, 2.24) is 10.2 Å². The average molecular weight is 279 g/mol. The summed E-state index contributed by atoms with van der Waals surface area (Å²) in [5.74, 6) is 0.724. The number of carbonyl (C=O) groups is 1. The van der Waals surface area contributed by atoms with Gasteiger partial charge in [0.1, 0.15) is 0 Å². The van der Waals surface area contributed by atoms with E-state index in [-0.39, 0.29) is 5.91 Å². The van der Waals surface area contributed by atoms with Crippen molar-refractivity contribution in [3.8, 4) is 0 Å². The van der Waals surface area contributed by atoms with E-state index in [1.165, 1.54) is 45.2 Å². The molecule has 2 saturated carbocycles. The zero-order valence-electron chi connectivity index (χ0n) is 12.7. The summed E-state index contributed by atoms with van der Waals surface area (Å²) in [4.78, 5) is 14.6. The quantitative estimate of drug-likeness (QED) is 0.822. The van der Waals surface area contributed by atoms with Gasteiger partial charge in [-0.1, -0.05) is 6.92 Å². The zero-order chi connectivity index (χ0) is 14.2. The first-order valence-corrected chi connectivity index (χ1v) is 8.41. The molecule has 3 rings (SSSR count). The Morgan fingerprint density at radius 2 is 2.00 bits per heavy atom. The van der Waals surface area contributed by atoms with Gasteiger partial charge in [0.2, 0.25) is 5.91 Å². The van der Waals surface area contributed by atoms with Gasteiger partial charge in [0.25, 0.3) is 0 Å². The van der Waals surface area contributed by atoms with Gasteiger partial charge in [-0.3, -0.25) is 4.79 Å². The molecule has 0 radical (unpaired) electrons. The first kappa shape index (κ1) is 14.3. The Balaban J connectivity index is 1.63. The molecular weight excluding hydrogens is 250 g/mol. The largest absolute Gasteiger partial charge is 0.368 e. The summed E-state index contributed by atoms with van der Waals surface area (Å²) >= 11 is 0. The Labute approximate surface area is 122 Å². The molecule has 4 heteroatoms. The Bertz CT molecular complexity index is 369. The van der Waals surface area contributed by atoms with Gasteiger partial charge in [-0.25, -0.2) is 0 Å². The van der Waals surface area contributed by atoms with Gasteiger partial charge in [-0.05, 0) is 70.4 Å². The van der Waals surface area contributed by atoms with Crippen LogP contribution in [0.4, 0.5) is 0 Å². The third-order valence-corrected chi connectivity index (χ3v) is 5.59. The van der Waals surface area contributed by atoms with Gasteiger partial charge >= 0.3 is 0 Å². The molecule has 20 heavy (non-hydrogen) atoms. The van der Waals surface area contributed by atoms with Crippen molar-refractivity contribution in [3.63, 3.8) is 0 Å². The molecule has 0 spiro atoms. The molecule has 3 atom stereocenters. The molecule has 2 aliphatic carbocycles. The van der Waals surface area contributed by atoms with E-state index in [0.717, 1.165) is 25.2 Å². The first-order chi connectivity index (χ1) is 9.59. The number of primary amides is 1. The molecule has 1 aliphatic heterocycles. The Morgan fingerprint density at radius 3 is 2.70 bits per heavy atom. The van der Waals surface area contributed by atoms with Crippen LogP contribution in [0.15, 0.2) is 0 Å². The summed E-state index contributed by atoms with van der Waals surface area (Å²) < 4.78 is 0. The van der Waals surface area contributed by atoms with Crippen molar-refractivity contribution in [2.75, 3.05) is 13.1 Å². The highest BCUT2D eigenvalue weighted by Gasteiger charge is 2.48. The van der Waals surface area contributed by atoms with E-state index >= 15 is 0 Å². The van der Waals surface area contributed by atoms with Crippen molar-refractivity contribution in [3.05, 3.63) is 0 Å². The SMILES string of the molecule is CC1CCCN(C2CCC(NC3CC3)(C(N)=O)C2)CC1. The number of carbonyl (C=O) groups excluding carboxylic acids is 1. The molecule has 1 saturated heterocycles. The Morgan fingerprint density at radius 1 is 1.20 bits per heavy atom. The number of hydrogen-bond acceptors (Lipinski definition) is 3. The van der Waals surface area contributed by atoms with Crippen molar-refractivity contribution in [1.29, 1.82) is 0 Å². The molecule has 3 N–H and O–H groups in total. The van der Waals surface area contributed by atoms with Crippen LogP contribution in [0.2, 0.25) is 0 Å². The summed E-state index contributed by atoms with van der Waals surface area (Å²) in [6.07, 6.45) is 9.35. The van der Waals surface area contributed by atoms with E-state index in [9.17, 15) is 4.79 Å². The lowest BCUT2D eigenvalue weighted by Crippen LogP contribution is -2.55. The first-order valence-electron chi connectivity index (χ1n) is 8.41. The van der Waals surface area contributed by atoms with Gasteiger partial charge < -0.3 is 16.0 Å². The van der Waals surface area contributed by atoms with Crippen LogP contribution in [0.1, 0.15) is 58.3 Å². The minimum absolute atomic E-state index is 0.130. The van der Waals surface area contributed by atoms with Crippen LogP contribution >= 0.6 is 0 Å². The van der Waals surface area contributed by atoms with Gasteiger partial charge in [0.15, 0.2) is 0 Å². The van der Waals surface area contributed by atoms with Gasteiger partial charge in [-0.2, -0.15) is 0 Å². The lowest BCUT2D eigenvalue weighted by atomic mass is 9.96. The van der Waals surface area contributed by atoms with Crippen LogP contribution in [0.25, 0.3) is 0 Å². The van der Waals surface area contributed by atoms with Crippen LogP contribution in [-0.4, -0.2) is 41.5 Å². The minimum Gasteiger partial charge on any atom is -0.368 e. The molecule has 3 unspecified atom stereocenters. The topological polar surface area (TPSA) is 58.4 Å². The number of hydrogen-bond donors (Lipinski definition) is 2. The predicted octanol–water partition coefficient (Wildman–Crippen LogP) is 1.64. The number of nitrogens with one attached hydrogen (secondary N) is 1. The molecule has 0 bridgehead atoms. The third-order valence-electron chi connectivity index (χ3n) is 5.59. The van der Waals surface area contributed by atoms with Crippen LogP contribution in [0.3, 0.4) is 0 Å². The molecule has 0 aromatic rings.